The smallest absolute Gasteiger partial charge is 0.347 e. The van der Waals surface area contributed by atoms with Gasteiger partial charge in [0.2, 0.25) is 0 Å². The van der Waals surface area contributed by atoms with Crippen LogP contribution in [0, 0.1) is 11.8 Å². The first-order valence-corrected chi connectivity index (χ1v) is 11.9. The number of alkyl halides is 3. The summed E-state index contributed by atoms with van der Waals surface area (Å²) < 4.78 is 40.9. The third-order valence-corrected chi connectivity index (χ3v) is 7.77. The summed E-state index contributed by atoms with van der Waals surface area (Å²) in [5.41, 5.74) is 0.469. The minimum atomic E-state index is -4.85. The maximum Gasteiger partial charge on any atom is 0.454 e. The fourth-order valence-corrected chi connectivity index (χ4v) is 6.05. The molecular formula is C25H31F3N2O. The lowest BCUT2D eigenvalue weighted by molar-refractivity contribution is -0.0884. The minimum absolute atomic E-state index is 0.236. The van der Waals surface area contributed by atoms with Gasteiger partial charge < -0.3 is 4.57 Å². The molecule has 1 aliphatic carbocycles. The number of hydrogen-bond donors (Lipinski definition) is 0. The topological polar surface area (TPSA) is 25.2 Å². The molecule has 2 aliphatic heterocycles. The summed E-state index contributed by atoms with van der Waals surface area (Å²) in [6.07, 6.45) is 8.37. The predicted octanol–water partition coefficient (Wildman–Crippen LogP) is 6.21. The van der Waals surface area contributed by atoms with E-state index < -0.39 is 12.0 Å². The van der Waals surface area contributed by atoms with Gasteiger partial charge in [-0.05, 0) is 50.0 Å². The summed E-state index contributed by atoms with van der Waals surface area (Å²) >= 11 is 0. The second-order valence-electron chi connectivity index (χ2n) is 9.91. The number of benzene rings is 1. The summed E-state index contributed by atoms with van der Waals surface area (Å²) in [5, 5.41) is 0.390. The summed E-state index contributed by atoms with van der Waals surface area (Å²) in [7, 11) is 0. The van der Waals surface area contributed by atoms with Gasteiger partial charge in [-0.15, -0.1) is 0 Å². The Hall–Kier alpha value is -1.82. The van der Waals surface area contributed by atoms with E-state index >= 15 is 0 Å². The number of carbonyl (C=O) groups excluding carboxylic acids is 1. The number of para-hydroxylation sites is 1. The van der Waals surface area contributed by atoms with Crippen LogP contribution >= 0.6 is 0 Å². The van der Waals surface area contributed by atoms with E-state index in [-0.39, 0.29) is 5.56 Å². The minimum Gasteiger partial charge on any atom is -0.347 e. The third kappa shape index (κ3) is 4.41. The molecule has 2 unspecified atom stereocenters. The highest BCUT2D eigenvalue weighted by Gasteiger charge is 2.41. The van der Waals surface area contributed by atoms with Crippen molar-refractivity contribution in [3.8, 4) is 0 Å². The second-order valence-corrected chi connectivity index (χ2v) is 9.91. The molecule has 3 heterocycles. The molecule has 0 radical (unpaired) electrons. The van der Waals surface area contributed by atoms with Crippen molar-refractivity contribution in [3.63, 3.8) is 0 Å². The van der Waals surface area contributed by atoms with Crippen LogP contribution < -0.4 is 0 Å². The number of ketones is 1. The lowest BCUT2D eigenvalue weighted by atomic mass is 9.86. The van der Waals surface area contributed by atoms with E-state index in [4.69, 9.17) is 0 Å². The zero-order valence-electron chi connectivity index (χ0n) is 17.9. The highest BCUT2D eigenvalue weighted by Crippen LogP contribution is 2.43. The lowest BCUT2D eigenvalue weighted by Crippen LogP contribution is -2.43. The van der Waals surface area contributed by atoms with Crippen LogP contribution in [-0.4, -0.2) is 40.1 Å². The molecule has 1 saturated carbocycles. The van der Waals surface area contributed by atoms with Gasteiger partial charge in [0.15, 0.2) is 0 Å². The van der Waals surface area contributed by atoms with Gasteiger partial charge in [0, 0.05) is 42.3 Å². The van der Waals surface area contributed by atoms with Crippen molar-refractivity contribution in [1.82, 2.24) is 9.47 Å². The van der Waals surface area contributed by atoms with Crippen LogP contribution in [0.3, 0.4) is 0 Å². The Morgan fingerprint density at radius 1 is 0.935 bits per heavy atom. The molecule has 0 N–H and O–H groups in total. The van der Waals surface area contributed by atoms with Crippen LogP contribution in [-0.2, 0) is 6.54 Å². The van der Waals surface area contributed by atoms with Crippen LogP contribution in [0.15, 0.2) is 30.5 Å². The van der Waals surface area contributed by atoms with Crippen molar-refractivity contribution in [3.05, 3.63) is 36.0 Å². The van der Waals surface area contributed by atoms with Gasteiger partial charge in [-0.25, -0.2) is 0 Å². The highest BCUT2D eigenvalue weighted by molar-refractivity contribution is 6.10. The van der Waals surface area contributed by atoms with Crippen LogP contribution in [0.1, 0.15) is 68.1 Å². The number of halogens is 3. The molecule has 1 aromatic heterocycles. The zero-order chi connectivity index (χ0) is 21.6. The number of Topliss-reactive ketones (excluding diaryl/α,β-unsaturated/α-hetero) is 1. The fourth-order valence-electron chi connectivity index (χ4n) is 6.05. The molecule has 31 heavy (non-hydrogen) atoms. The summed E-state index contributed by atoms with van der Waals surface area (Å²) in [5.74, 6) is 0.147. The highest BCUT2D eigenvalue weighted by atomic mass is 19.4. The summed E-state index contributed by atoms with van der Waals surface area (Å²) in [6, 6.07) is 8.28. The molecule has 2 bridgehead atoms. The summed E-state index contributed by atoms with van der Waals surface area (Å²) in [4.78, 5) is 14.6. The van der Waals surface area contributed by atoms with E-state index in [2.05, 4.69) is 4.90 Å². The van der Waals surface area contributed by atoms with Gasteiger partial charge in [0.25, 0.3) is 5.78 Å². The monoisotopic (exact) mass is 432 g/mol. The van der Waals surface area contributed by atoms with Crippen molar-refractivity contribution in [1.29, 1.82) is 0 Å². The van der Waals surface area contributed by atoms with Gasteiger partial charge in [-0.3, -0.25) is 9.69 Å². The van der Waals surface area contributed by atoms with E-state index in [0.29, 0.717) is 29.5 Å². The Morgan fingerprint density at radius 2 is 1.61 bits per heavy atom. The number of carbonyl (C=O) groups is 1. The molecule has 0 amide bonds. The fraction of sp³-hybridized carbons (Fsp3) is 0.640. The number of rotatable bonds is 8. The maximum atomic E-state index is 13.0. The number of fused-ring (bicyclic) bond motifs is 3. The first-order chi connectivity index (χ1) is 14.9. The molecule has 3 nitrogen and oxygen atoms in total. The standard InChI is InChI=1S/C25H31F3N2O/c26-25(27,28)24(31)22-16-29(23-5-2-1-4-21(22)23)12-3-13-30-19-10-11-20(30)15-18(14-19)9-8-17-6-7-17/h1-2,4-5,16-20H,3,6-15H2. The van der Waals surface area contributed by atoms with E-state index in [9.17, 15) is 18.0 Å². The average Bonchev–Trinajstić information content (AvgIpc) is 3.46. The number of aromatic nitrogens is 1. The van der Waals surface area contributed by atoms with Gasteiger partial charge in [0.05, 0.1) is 5.56 Å². The number of hydrogen-bond acceptors (Lipinski definition) is 2. The third-order valence-electron chi connectivity index (χ3n) is 7.77. The normalized spacial score (nSPS) is 26.6. The molecule has 2 saturated heterocycles. The van der Waals surface area contributed by atoms with Crippen LogP contribution in [0.25, 0.3) is 10.9 Å². The molecule has 1 aromatic carbocycles. The first-order valence-electron chi connectivity index (χ1n) is 11.9. The van der Waals surface area contributed by atoms with Crippen LogP contribution in [0.2, 0.25) is 0 Å². The summed E-state index contributed by atoms with van der Waals surface area (Å²) in [6.45, 7) is 1.62. The Morgan fingerprint density at radius 3 is 2.29 bits per heavy atom. The zero-order valence-corrected chi connectivity index (χ0v) is 17.9. The van der Waals surface area contributed by atoms with Gasteiger partial charge in [-0.2, -0.15) is 13.2 Å². The molecule has 2 atom stereocenters. The van der Waals surface area contributed by atoms with E-state index in [1.807, 2.05) is 10.6 Å². The first kappa shape index (κ1) is 21.0. The molecule has 5 rings (SSSR count). The number of piperidine rings is 1. The van der Waals surface area contributed by atoms with Crippen LogP contribution in [0.5, 0.6) is 0 Å². The van der Waals surface area contributed by atoms with Crippen molar-refractivity contribution >= 4 is 16.7 Å². The molecule has 3 aliphatic rings. The average molecular weight is 433 g/mol. The predicted molar refractivity (Wildman–Crippen MR) is 115 cm³/mol. The Bertz CT molecular complexity index is 932. The molecular weight excluding hydrogens is 401 g/mol. The SMILES string of the molecule is O=C(c1cn(CCCN2C3CCC2CC(CCC2CC2)C3)c2ccccc12)C(F)(F)F. The number of aryl methyl sites for hydroxylation is 1. The van der Waals surface area contributed by atoms with Crippen molar-refractivity contribution < 1.29 is 18.0 Å². The maximum absolute atomic E-state index is 13.0. The quantitative estimate of drug-likeness (QED) is 0.464. The Balaban J connectivity index is 1.21. The van der Waals surface area contributed by atoms with Gasteiger partial charge >= 0.3 is 6.18 Å². The van der Waals surface area contributed by atoms with E-state index in [1.54, 1.807) is 18.2 Å². The largest absolute Gasteiger partial charge is 0.454 e. The van der Waals surface area contributed by atoms with Gasteiger partial charge in [0.1, 0.15) is 0 Å². The van der Waals surface area contributed by atoms with Crippen LogP contribution in [0.4, 0.5) is 13.2 Å². The Kier molecular flexibility index (Phi) is 5.61. The molecule has 0 spiro atoms. The van der Waals surface area contributed by atoms with Crippen molar-refractivity contribution in [2.75, 3.05) is 6.54 Å². The van der Waals surface area contributed by atoms with Crippen molar-refractivity contribution in [2.45, 2.75) is 82.6 Å². The lowest BCUT2D eigenvalue weighted by Gasteiger charge is -2.39. The second kappa shape index (κ2) is 8.27. The van der Waals surface area contributed by atoms with Crippen molar-refractivity contribution in [2.24, 2.45) is 11.8 Å². The molecule has 168 valence electrons. The number of nitrogens with zero attached hydrogens (tertiary/aromatic N) is 2. The van der Waals surface area contributed by atoms with E-state index in [0.717, 1.165) is 24.8 Å². The van der Waals surface area contributed by atoms with Gasteiger partial charge in [-0.1, -0.05) is 43.9 Å². The molecule has 6 heteroatoms. The molecule has 3 fully saturated rings. The van der Waals surface area contributed by atoms with E-state index in [1.165, 1.54) is 57.6 Å². The molecule has 2 aromatic rings. The Labute approximate surface area is 181 Å².